The zero-order valence-electron chi connectivity index (χ0n) is 14.8. The molecular formula is C21H13F4N2O2. The topological polar surface area (TPSA) is 57.2 Å². The van der Waals surface area contributed by atoms with Gasteiger partial charge in [-0.1, -0.05) is 24.3 Å². The number of para-hydroxylation sites is 1. The first kappa shape index (κ1) is 18.8. The van der Waals surface area contributed by atoms with Crippen molar-refractivity contribution >= 4 is 27.7 Å². The van der Waals surface area contributed by atoms with Crippen LogP contribution in [0.5, 0.6) is 5.75 Å². The number of nitrogens with zero attached hydrogens (tertiary/aromatic N) is 1. The number of hydrogen-bond donors (Lipinski definition) is 1. The van der Waals surface area contributed by atoms with Gasteiger partial charge >= 0.3 is 6.36 Å². The van der Waals surface area contributed by atoms with Crippen LogP contribution in [0, 0.1) is 11.9 Å². The van der Waals surface area contributed by atoms with Crippen LogP contribution < -0.4 is 10.5 Å². The van der Waals surface area contributed by atoms with Crippen LogP contribution >= 0.6 is 0 Å². The lowest BCUT2D eigenvalue weighted by molar-refractivity contribution is -0.274. The molecule has 0 aliphatic rings. The average Bonchev–Trinajstić information content (AvgIpc) is 2.95. The first-order chi connectivity index (χ1) is 13.7. The zero-order chi connectivity index (χ0) is 20.8. The van der Waals surface area contributed by atoms with Gasteiger partial charge in [0.25, 0.3) is 0 Å². The number of aromatic nitrogens is 1. The first-order valence-electron chi connectivity index (χ1n) is 8.51. The Bertz CT molecular complexity index is 1240. The third-order valence-corrected chi connectivity index (χ3v) is 4.55. The van der Waals surface area contributed by atoms with Crippen LogP contribution in [0.1, 0.15) is 15.9 Å². The molecule has 0 aliphatic carbocycles. The number of carbonyl (C=O) groups is 1. The summed E-state index contributed by atoms with van der Waals surface area (Å²) in [5, 5.41) is 0.715. The third-order valence-electron chi connectivity index (χ3n) is 4.55. The number of amides is 1. The highest BCUT2D eigenvalue weighted by Gasteiger charge is 2.32. The number of ether oxygens (including phenoxy) is 1. The molecule has 0 fully saturated rings. The fourth-order valence-electron chi connectivity index (χ4n) is 3.44. The van der Waals surface area contributed by atoms with Crippen molar-refractivity contribution in [2.24, 2.45) is 5.73 Å². The van der Waals surface area contributed by atoms with Crippen molar-refractivity contribution in [1.29, 1.82) is 0 Å². The Morgan fingerprint density at radius 3 is 2.52 bits per heavy atom. The lowest BCUT2D eigenvalue weighted by atomic mass is 10.1. The number of benzene rings is 3. The van der Waals surface area contributed by atoms with Crippen LogP contribution in [0.15, 0.2) is 54.6 Å². The van der Waals surface area contributed by atoms with E-state index in [1.807, 2.05) is 0 Å². The van der Waals surface area contributed by atoms with Crippen LogP contribution in [-0.2, 0) is 6.54 Å². The van der Waals surface area contributed by atoms with Gasteiger partial charge in [-0.25, -0.2) is 4.39 Å². The van der Waals surface area contributed by atoms with Gasteiger partial charge in [-0.2, -0.15) is 0 Å². The Morgan fingerprint density at radius 1 is 1.03 bits per heavy atom. The molecule has 1 aromatic heterocycles. The van der Waals surface area contributed by atoms with Crippen molar-refractivity contribution in [1.82, 2.24) is 4.57 Å². The summed E-state index contributed by atoms with van der Waals surface area (Å²) in [6.45, 7) is -0.00601. The van der Waals surface area contributed by atoms with Gasteiger partial charge in [0.05, 0.1) is 17.6 Å². The number of primary amides is 1. The van der Waals surface area contributed by atoms with Crippen LogP contribution in [0.4, 0.5) is 17.6 Å². The predicted molar refractivity (Wildman–Crippen MR) is 99.0 cm³/mol. The second-order valence-electron chi connectivity index (χ2n) is 6.37. The Morgan fingerprint density at radius 2 is 1.79 bits per heavy atom. The summed E-state index contributed by atoms with van der Waals surface area (Å²) in [4.78, 5) is 11.9. The van der Waals surface area contributed by atoms with Crippen molar-refractivity contribution in [3.05, 3.63) is 77.6 Å². The van der Waals surface area contributed by atoms with E-state index >= 15 is 0 Å². The summed E-state index contributed by atoms with van der Waals surface area (Å²) in [7, 11) is 0. The molecule has 4 nitrogen and oxygen atoms in total. The van der Waals surface area contributed by atoms with Crippen LogP contribution in [-0.4, -0.2) is 16.8 Å². The largest absolute Gasteiger partial charge is 0.573 e. The van der Waals surface area contributed by atoms with Gasteiger partial charge in [0, 0.05) is 28.0 Å². The van der Waals surface area contributed by atoms with Gasteiger partial charge in [-0.15, -0.1) is 13.2 Å². The molecule has 1 radical (unpaired) electrons. The van der Waals surface area contributed by atoms with Gasteiger partial charge in [0.15, 0.2) is 0 Å². The molecule has 8 heteroatoms. The second kappa shape index (κ2) is 6.80. The minimum absolute atomic E-state index is 0.00601. The van der Waals surface area contributed by atoms with Gasteiger partial charge in [0.2, 0.25) is 5.91 Å². The van der Waals surface area contributed by atoms with E-state index in [1.165, 1.54) is 36.4 Å². The van der Waals surface area contributed by atoms with Gasteiger partial charge in [0.1, 0.15) is 11.6 Å². The smallest absolute Gasteiger partial charge is 0.405 e. The van der Waals surface area contributed by atoms with Crippen LogP contribution in [0.3, 0.4) is 0 Å². The molecule has 1 heterocycles. The monoisotopic (exact) mass is 401 g/mol. The zero-order valence-corrected chi connectivity index (χ0v) is 14.8. The molecule has 4 aromatic rings. The Labute approximate surface area is 162 Å². The van der Waals surface area contributed by atoms with Crippen molar-refractivity contribution in [2.45, 2.75) is 12.9 Å². The fourth-order valence-corrected chi connectivity index (χ4v) is 3.44. The maximum atomic E-state index is 13.9. The fraction of sp³-hybridized carbons (Fsp3) is 0.0952. The molecule has 0 saturated carbocycles. The number of nitrogens with two attached hydrogens (primary N) is 1. The lowest BCUT2D eigenvalue weighted by Gasteiger charge is -2.15. The van der Waals surface area contributed by atoms with E-state index in [0.717, 1.165) is 0 Å². The summed E-state index contributed by atoms with van der Waals surface area (Å²) < 4.78 is 58.0. The average molecular weight is 401 g/mol. The molecule has 0 bridgehead atoms. The molecule has 0 spiro atoms. The predicted octanol–water partition coefficient (Wildman–Crippen LogP) is 4.78. The third kappa shape index (κ3) is 3.49. The highest BCUT2D eigenvalue weighted by atomic mass is 19.4. The number of hydrogen-bond acceptors (Lipinski definition) is 2. The molecule has 0 aliphatic heterocycles. The summed E-state index contributed by atoms with van der Waals surface area (Å²) in [5.41, 5.74) is 6.91. The number of carbonyl (C=O) groups excluding carboxylic acids is 1. The maximum absolute atomic E-state index is 13.9. The van der Waals surface area contributed by atoms with Crippen molar-refractivity contribution < 1.29 is 27.1 Å². The molecule has 0 unspecified atom stereocenters. The summed E-state index contributed by atoms with van der Waals surface area (Å²) in [6.07, 6.45) is -4.84. The molecular weight excluding hydrogens is 388 g/mol. The molecule has 0 saturated heterocycles. The molecule has 1 amide bonds. The lowest BCUT2D eigenvalue weighted by Crippen LogP contribution is -2.18. The first-order valence-corrected chi connectivity index (χ1v) is 8.51. The van der Waals surface area contributed by atoms with Crippen LogP contribution in [0.2, 0.25) is 0 Å². The van der Waals surface area contributed by atoms with Crippen molar-refractivity contribution in [3.63, 3.8) is 0 Å². The van der Waals surface area contributed by atoms with E-state index in [1.54, 1.807) is 22.8 Å². The molecule has 0 atom stereocenters. The molecule has 3 aromatic carbocycles. The van der Waals surface area contributed by atoms with E-state index in [9.17, 15) is 22.4 Å². The number of fused-ring (bicyclic) bond motifs is 3. The van der Waals surface area contributed by atoms with E-state index in [-0.39, 0.29) is 23.4 Å². The Balaban J connectivity index is 1.96. The van der Waals surface area contributed by atoms with Crippen LogP contribution in [0.25, 0.3) is 21.8 Å². The van der Waals surface area contributed by atoms with E-state index in [4.69, 9.17) is 5.73 Å². The van der Waals surface area contributed by atoms with Gasteiger partial charge in [-0.3, -0.25) is 4.79 Å². The Kier molecular flexibility index (Phi) is 4.41. The summed E-state index contributed by atoms with van der Waals surface area (Å²) in [5.74, 6) is -1.67. The maximum Gasteiger partial charge on any atom is 0.573 e. The molecule has 147 valence electrons. The summed E-state index contributed by atoms with van der Waals surface area (Å²) >= 11 is 0. The quantitative estimate of drug-likeness (QED) is 0.501. The minimum Gasteiger partial charge on any atom is -0.405 e. The van der Waals surface area contributed by atoms with E-state index < -0.39 is 18.1 Å². The van der Waals surface area contributed by atoms with Gasteiger partial charge < -0.3 is 15.0 Å². The molecule has 2 N–H and O–H groups in total. The normalized spacial score (nSPS) is 11.9. The molecule has 4 rings (SSSR count). The second-order valence-corrected chi connectivity index (χ2v) is 6.37. The number of alkyl halides is 3. The van der Waals surface area contributed by atoms with E-state index in [2.05, 4.69) is 10.8 Å². The SMILES string of the molecule is NC(=O)c1cccc2c1c1[c]c(F)ccc1n2Cc1ccccc1OC(F)(F)F. The van der Waals surface area contributed by atoms with E-state index in [0.29, 0.717) is 21.8 Å². The summed E-state index contributed by atoms with van der Waals surface area (Å²) in [6, 6.07) is 15.8. The highest BCUT2D eigenvalue weighted by molar-refractivity contribution is 6.17. The van der Waals surface area contributed by atoms with Gasteiger partial charge in [-0.05, 0) is 30.3 Å². The highest BCUT2D eigenvalue weighted by Crippen LogP contribution is 2.34. The minimum atomic E-state index is -4.84. The number of halogens is 4. The molecule has 29 heavy (non-hydrogen) atoms. The number of rotatable bonds is 4. The standard InChI is InChI=1S/C21H13F4N2O2/c22-13-8-9-16-15(10-13)19-14(20(26)28)5-3-6-17(19)27(16)11-12-4-1-2-7-18(12)29-21(23,24)25/h1-9H,11H2,(H2,26,28). The van der Waals surface area contributed by atoms with Crippen molar-refractivity contribution in [3.8, 4) is 5.75 Å². The van der Waals surface area contributed by atoms with Crippen molar-refractivity contribution in [2.75, 3.05) is 0 Å². The Hall–Kier alpha value is -3.55.